The summed E-state index contributed by atoms with van der Waals surface area (Å²) in [4.78, 5) is 10.3. The Kier molecular flexibility index (Phi) is 1.09. The minimum absolute atomic E-state index is 0.389. The lowest BCUT2D eigenvalue weighted by Crippen LogP contribution is -2.05. The number of ether oxygens (including phenoxy) is 1. The minimum atomic E-state index is -0.861. The number of aliphatic hydroxyl groups is 2. The summed E-state index contributed by atoms with van der Waals surface area (Å²) >= 11 is 0. The molecular weight excluding hydrogens is 124 g/mol. The zero-order valence-corrected chi connectivity index (χ0v) is 4.79. The van der Waals surface area contributed by atoms with Crippen molar-refractivity contribution in [1.29, 1.82) is 0 Å². The van der Waals surface area contributed by atoms with Crippen molar-refractivity contribution in [2.24, 2.45) is 0 Å². The van der Waals surface area contributed by atoms with Gasteiger partial charge in [0.2, 0.25) is 5.76 Å². The van der Waals surface area contributed by atoms with Crippen molar-refractivity contribution < 1.29 is 19.7 Å². The standard InChI is InChI=1S/C5H6O4/c1-2-3(6)4(7)5(8)9-2/h2,6-7H,1H3/t2-/m0/s1. The second kappa shape index (κ2) is 1.65. The Morgan fingerprint density at radius 3 is 2.22 bits per heavy atom. The maximum absolute atomic E-state index is 10.3. The molecule has 1 atom stereocenters. The van der Waals surface area contributed by atoms with Gasteiger partial charge in [-0.25, -0.2) is 4.79 Å². The van der Waals surface area contributed by atoms with E-state index in [2.05, 4.69) is 4.74 Å². The van der Waals surface area contributed by atoms with Gasteiger partial charge < -0.3 is 14.9 Å². The molecule has 4 heteroatoms. The van der Waals surface area contributed by atoms with Gasteiger partial charge in [-0.15, -0.1) is 0 Å². The average molecular weight is 130 g/mol. The van der Waals surface area contributed by atoms with E-state index in [9.17, 15) is 4.79 Å². The monoisotopic (exact) mass is 130 g/mol. The highest BCUT2D eigenvalue weighted by atomic mass is 16.6. The van der Waals surface area contributed by atoms with E-state index in [4.69, 9.17) is 10.2 Å². The average Bonchev–Trinajstić information content (AvgIpc) is 1.98. The number of rotatable bonds is 0. The maximum Gasteiger partial charge on any atom is 0.377 e. The highest BCUT2D eigenvalue weighted by Gasteiger charge is 2.30. The lowest BCUT2D eigenvalue weighted by Gasteiger charge is -1.98. The fourth-order valence-electron chi connectivity index (χ4n) is 0.569. The summed E-state index contributed by atoms with van der Waals surface area (Å²) in [6.45, 7) is 1.47. The molecule has 0 aliphatic carbocycles. The summed E-state index contributed by atoms with van der Waals surface area (Å²) in [5.41, 5.74) is 0. The van der Waals surface area contributed by atoms with Crippen molar-refractivity contribution in [3.05, 3.63) is 11.5 Å². The Hall–Kier alpha value is -1.19. The molecule has 1 aliphatic rings. The fourth-order valence-corrected chi connectivity index (χ4v) is 0.569. The van der Waals surface area contributed by atoms with Crippen molar-refractivity contribution in [3.63, 3.8) is 0 Å². The van der Waals surface area contributed by atoms with E-state index in [-0.39, 0.29) is 5.76 Å². The molecule has 1 aliphatic heterocycles. The number of cyclic esters (lactones) is 1. The highest BCUT2D eigenvalue weighted by molar-refractivity contribution is 5.88. The van der Waals surface area contributed by atoms with Crippen LogP contribution in [0.15, 0.2) is 11.5 Å². The molecule has 0 fully saturated rings. The molecule has 1 heterocycles. The summed E-state index contributed by atoms with van der Waals surface area (Å²) in [5.74, 6) is -1.93. The molecule has 0 unspecified atom stereocenters. The van der Waals surface area contributed by atoms with Crippen LogP contribution in [-0.2, 0) is 9.53 Å². The molecule has 0 amide bonds. The smallest absolute Gasteiger partial charge is 0.377 e. The van der Waals surface area contributed by atoms with Gasteiger partial charge in [0, 0.05) is 0 Å². The molecule has 2 N–H and O–H groups in total. The van der Waals surface area contributed by atoms with Crippen LogP contribution in [0.2, 0.25) is 0 Å². The first-order chi connectivity index (χ1) is 4.13. The predicted molar refractivity (Wildman–Crippen MR) is 27.8 cm³/mol. The second-order valence-electron chi connectivity index (χ2n) is 1.78. The Morgan fingerprint density at radius 2 is 2.11 bits per heavy atom. The van der Waals surface area contributed by atoms with E-state index in [0.29, 0.717) is 0 Å². The van der Waals surface area contributed by atoms with E-state index in [1.165, 1.54) is 6.92 Å². The molecule has 9 heavy (non-hydrogen) atoms. The Labute approximate surface area is 51.4 Å². The molecule has 50 valence electrons. The van der Waals surface area contributed by atoms with E-state index >= 15 is 0 Å². The zero-order chi connectivity index (χ0) is 7.02. The summed E-state index contributed by atoms with van der Waals surface area (Å²) in [7, 11) is 0. The van der Waals surface area contributed by atoms with Gasteiger partial charge in [0.25, 0.3) is 0 Å². The summed E-state index contributed by atoms with van der Waals surface area (Å²) in [6, 6.07) is 0. The lowest BCUT2D eigenvalue weighted by atomic mass is 10.3. The largest absolute Gasteiger partial charge is 0.505 e. The van der Waals surface area contributed by atoms with Crippen molar-refractivity contribution in [1.82, 2.24) is 0 Å². The molecule has 0 aromatic rings. The van der Waals surface area contributed by atoms with Gasteiger partial charge in [0.1, 0.15) is 0 Å². The fraction of sp³-hybridized carbons (Fsp3) is 0.400. The Balaban J connectivity index is 2.92. The number of carbonyl (C=O) groups excluding carboxylic acids is 1. The van der Waals surface area contributed by atoms with Crippen LogP contribution < -0.4 is 0 Å². The Bertz CT molecular complexity index is 181. The molecule has 0 saturated carbocycles. The normalized spacial score (nSPS) is 26.8. The van der Waals surface area contributed by atoms with E-state index in [1.807, 2.05) is 0 Å². The van der Waals surface area contributed by atoms with Gasteiger partial charge in [-0.3, -0.25) is 0 Å². The second-order valence-corrected chi connectivity index (χ2v) is 1.78. The quantitative estimate of drug-likeness (QED) is 0.461. The summed E-state index contributed by atoms with van der Waals surface area (Å²) < 4.78 is 4.37. The number of carbonyl (C=O) groups is 1. The first-order valence-corrected chi connectivity index (χ1v) is 2.46. The van der Waals surface area contributed by atoms with Gasteiger partial charge >= 0.3 is 5.97 Å². The minimum Gasteiger partial charge on any atom is -0.505 e. The molecule has 0 radical (unpaired) electrons. The van der Waals surface area contributed by atoms with Crippen molar-refractivity contribution in [2.75, 3.05) is 0 Å². The number of hydrogen-bond donors (Lipinski definition) is 2. The van der Waals surface area contributed by atoms with Crippen LogP contribution in [0.25, 0.3) is 0 Å². The van der Waals surface area contributed by atoms with Crippen LogP contribution in [0.3, 0.4) is 0 Å². The molecule has 0 aromatic carbocycles. The van der Waals surface area contributed by atoms with Crippen molar-refractivity contribution >= 4 is 5.97 Å². The van der Waals surface area contributed by atoms with Crippen molar-refractivity contribution in [2.45, 2.75) is 13.0 Å². The third kappa shape index (κ3) is 0.718. The number of aliphatic hydroxyl groups excluding tert-OH is 2. The highest BCUT2D eigenvalue weighted by Crippen LogP contribution is 2.16. The summed E-state index contributed by atoms with van der Waals surface area (Å²) in [6.07, 6.45) is -0.697. The molecule has 0 bridgehead atoms. The van der Waals surface area contributed by atoms with Crippen molar-refractivity contribution in [3.8, 4) is 0 Å². The SMILES string of the molecule is C[C@@H]1OC(=O)C(O)=C1O. The third-order valence-corrected chi connectivity index (χ3v) is 1.10. The third-order valence-electron chi connectivity index (χ3n) is 1.10. The number of hydrogen-bond acceptors (Lipinski definition) is 4. The van der Waals surface area contributed by atoms with E-state index in [0.717, 1.165) is 0 Å². The molecule has 0 saturated heterocycles. The van der Waals surface area contributed by atoms with Gasteiger partial charge in [0.05, 0.1) is 0 Å². The summed E-state index contributed by atoms with van der Waals surface area (Å²) in [5, 5.41) is 17.3. The van der Waals surface area contributed by atoms with E-state index in [1.54, 1.807) is 0 Å². The van der Waals surface area contributed by atoms with Crippen LogP contribution in [0.1, 0.15) is 6.92 Å². The first kappa shape index (κ1) is 5.94. The van der Waals surface area contributed by atoms with Gasteiger partial charge in [-0.2, -0.15) is 0 Å². The van der Waals surface area contributed by atoms with Crippen LogP contribution >= 0.6 is 0 Å². The van der Waals surface area contributed by atoms with Crippen LogP contribution in [-0.4, -0.2) is 22.3 Å². The van der Waals surface area contributed by atoms with Gasteiger partial charge in [-0.05, 0) is 6.92 Å². The topological polar surface area (TPSA) is 66.8 Å². The van der Waals surface area contributed by atoms with Crippen LogP contribution in [0.4, 0.5) is 0 Å². The lowest BCUT2D eigenvalue weighted by molar-refractivity contribution is -0.141. The van der Waals surface area contributed by atoms with Gasteiger partial charge in [-0.1, -0.05) is 0 Å². The van der Waals surface area contributed by atoms with Crippen LogP contribution in [0, 0.1) is 0 Å². The van der Waals surface area contributed by atoms with Crippen LogP contribution in [0.5, 0.6) is 0 Å². The predicted octanol–water partition coefficient (Wildman–Crippen LogP) is 0.259. The zero-order valence-electron chi connectivity index (χ0n) is 4.79. The molecule has 0 spiro atoms. The maximum atomic E-state index is 10.3. The molecular formula is C5H6O4. The molecule has 4 nitrogen and oxygen atoms in total. The number of esters is 1. The first-order valence-electron chi connectivity index (χ1n) is 2.46. The molecule has 1 rings (SSSR count). The van der Waals surface area contributed by atoms with Gasteiger partial charge in [0.15, 0.2) is 11.9 Å². The molecule has 0 aromatic heterocycles. The Morgan fingerprint density at radius 1 is 1.56 bits per heavy atom. The van der Waals surface area contributed by atoms with E-state index < -0.39 is 17.8 Å².